The fourth-order valence-electron chi connectivity index (χ4n) is 1.80. The summed E-state index contributed by atoms with van der Waals surface area (Å²) in [6, 6.07) is 0. The van der Waals surface area contributed by atoms with E-state index in [9.17, 15) is 9.50 Å². The van der Waals surface area contributed by atoms with Crippen LogP contribution in [-0.4, -0.2) is 29.3 Å². The highest BCUT2D eigenvalue weighted by Gasteiger charge is 2.21. The average Bonchev–Trinajstić information content (AvgIpc) is 2.20. The van der Waals surface area contributed by atoms with Crippen molar-refractivity contribution in [2.24, 2.45) is 0 Å². The second-order valence-corrected chi connectivity index (χ2v) is 4.08. The fourth-order valence-corrected chi connectivity index (χ4v) is 2.06. The largest absolute Gasteiger partial charge is 0.393 e. The third kappa shape index (κ3) is 2.21. The predicted molar refractivity (Wildman–Crippen MR) is 56.7 cm³/mol. The van der Waals surface area contributed by atoms with Crippen molar-refractivity contribution in [3.8, 4) is 0 Å². The summed E-state index contributed by atoms with van der Waals surface area (Å²) >= 11 is 5.89. The van der Waals surface area contributed by atoms with Crippen LogP contribution in [0.3, 0.4) is 0 Å². The lowest BCUT2D eigenvalue weighted by atomic mass is 10.1. The number of pyridine rings is 1. The molecule has 0 atom stereocenters. The lowest BCUT2D eigenvalue weighted by molar-refractivity contribution is 0.145. The van der Waals surface area contributed by atoms with E-state index in [0.717, 1.165) is 6.20 Å². The zero-order valence-electron chi connectivity index (χ0n) is 8.16. The SMILES string of the molecule is OC1CCN(c2c(F)cncc2Cl)CC1. The Bertz CT molecular complexity index is 333. The first-order valence-corrected chi connectivity index (χ1v) is 5.28. The lowest BCUT2D eigenvalue weighted by Crippen LogP contribution is -2.36. The van der Waals surface area contributed by atoms with Crippen molar-refractivity contribution >= 4 is 17.3 Å². The number of hydrogen-bond donors (Lipinski definition) is 1. The van der Waals surface area contributed by atoms with Crippen molar-refractivity contribution in [2.45, 2.75) is 18.9 Å². The van der Waals surface area contributed by atoms with Crippen LogP contribution in [0.4, 0.5) is 10.1 Å². The van der Waals surface area contributed by atoms with Crippen molar-refractivity contribution < 1.29 is 9.50 Å². The molecule has 1 aliphatic heterocycles. The van der Waals surface area contributed by atoms with E-state index < -0.39 is 5.82 Å². The van der Waals surface area contributed by atoms with Gasteiger partial charge in [0.25, 0.3) is 0 Å². The Morgan fingerprint density at radius 2 is 2.07 bits per heavy atom. The predicted octanol–water partition coefficient (Wildman–Crippen LogP) is 1.84. The van der Waals surface area contributed by atoms with E-state index in [1.807, 2.05) is 4.90 Å². The molecule has 0 radical (unpaired) electrons. The molecule has 1 aromatic rings. The Morgan fingerprint density at radius 3 is 2.67 bits per heavy atom. The number of aliphatic hydroxyl groups excluding tert-OH is 1. The summed E-state index contributed by atoms with van der Waals surface area (Å²) in [7, 11) is 0. The summed E-state index contributed by atoms with van der Waals surface area (Å²) in [6.07, 6.45) is 3.62. The van der Waals surface area contributed by atoms with Crippen LogP contribution < -0.4 is 4.90 Å². The molecule has 1 aromatic heterocycles. The number of aromatic nitrogens is 1. The molecule has 1 fully saturated rings. The minimum atomic E-state index is -0.404. The van der Waals surface area contributed by atoms with Gasteiger partial charge in [-0.3, -0.25) is 4.98 Å². The number of anilines is 1. The lowest BCUT2D eigenvalue weighted by Gasteiger charge is -2.31. The van der Waals surface area contributed by atoms with Crippen LogP contribution >= 0.6 is 11.6 Å². The molecule has 1 saturated heterocycles. The van der Waals surface area contributed by atoms with Crippen molar-refractivity contribution in [3.05, 3.63) is 23.2 Å². The molecule has 1 N–H and O–H groups in total. The first-order valence-electron chi connectivity index (χ1n) is 4.90. The third-order valence-corrected chi connectivity index (χ3v) is 2.89. The maximum Gasteiger partial charge on any atom is 0.166 e. The van der Waals surface area contributed by atoms with E-state index in [1.165, 1.54) is 6.20 Å². The van der Waals surface area contributed by atoms with Crippen molar-refractivity contribution in [1.82, 2.24) is 4.98 Å². The van der Waals surface area contributed by atoms with Crippen LogP contribution in [0.5, 0.6) is 0 Å². The number of hydrogen-bond acceptors (Lipinski definition) is 3. The van der Waals surface area contributed by atoms with Crippen LogP contribution in [0.2, 0.25) is 5.02 Å². The normalized spacial score (nSPS) is 18.2. The zero-order valence-corrected chi connectivity index (χ0v) is 8.91. The number of halogens is 2. The van der Waals surface area contributed by atoms with Crippen LogP contribution in [0.15, 0.2) is 12.4 Å². The number of piperidine rings is 1. The van der Waals surface area contributed by atoms with Crippen molar-refractivity contribution in [3.63, 3.8) is 0 Å². The molecule has 5 heteroatoms. The van der Waals surface area contributed by atoms with Gasteiger partial charge in [-0.15, -0.1) is 0 Å². The molecule has 2 heterocycles. The molecular formula is C10H12ClFN2O. The molecule has 0 spiro atoms. The molecule has 1 aliphatic rings. The number of rotatable bonds is 1. The first kappa shape index (κ1) is 10.6. The molecule has 3 nitrogen and oxygen atoms in total. The second-order valence-electron chi connectivity index (χ2n) is 3.67. The van der Waals surface area contributed by atoms with E-state index in [4.69, 9.17) is 11.6 Å². The molecule has 82 valence electrons. The smallest absolute Gasteiger partial charge is 0.166 e. The standard InChI is InChI=1S/C10H12ClFN2O/c11-8-5-13-6-9(12)10(8)14-3-1-7(15)2-4-14/h5-7,15H,1-4H2. The molecular weight excluding hydrogens is 219 g/mol. The maximum atomic E-state index is 13.5. The Balaban J connectivity index is 2.22. The summed E-state index contributed by atoms with van der Waals surface area (Å²) in [6.45, 7) is 1.25. The monoisotopic (exact) mass is 230 g/mol. The highest BCUT2D eigenvalue weighted by atomic mass is 35.5. The van der Waals surface area contributed by atoms with E-state index in [2.05, 4.69) is 4.98 Å². The van der Waals surface area contributed by atoms with Crippen LogP contribution in [-0.2, 0) is 0 Å². The van der Waals surface area contributed by atoms with Gasteiger partial charge in [-0.25, -0.2) is 4.39 Å². The van der Waals surface area contributed by atoms with Gasteiger partial charge in [0.15, 0.2) is 5.82 Å². The van der Waals surface area contributed by atoms with Crippen LogP contribution in [0.25, 0.3) is 0 Å². The van der Waals surface area contributed by atoms with E-state index in [0.29, 0.717) is 36.6 Å². The van der Waals surface area contributed by atoms with Gasteiger partial charge in [-0.1, -0.05) is 11.6 Å². The van der Waals surface area contributed by atoms with Gasteiger partial charge >= 0.3 is 0 Å². The first-order chi connectivity index (χ1) is 7.18. The fraction of sp³-hybridized carbons (Fsp3) is 0.500. The second kappa shape index (κ2) is 4.33. The van der Waals surface area contributed by atoms with Gasteiger partial charge in [0.1, 0.15) is 0 Å². The Labute approximate surface area is 92.5 Å². The average molecular weight is 231 g/mol. The number of aliphatic hydroxyl groups is 1. The molecule has 0 aliphatic carbocycles. The Morgan fingerprint density at radius 1 is 1.40 bits per heavy atom. The van der Waals surface area contributed by atoms with Gasteiger partial charge in [-0.05, 0) is 12.8 Å². The minimum absolute atomic E-state index is 0.273. The molecule has 2 rings (SSSR count). The van der Waals surface area contributed by atoms with Gasteiger partial charge in [-0.2, -0.15) is 0 Å². The highest BCUT2D eigenvalue weighted by Crippen LogP contribution is 2.29. The molecule has 0 bridgehead atoms. The van der Waals surface area contributed by atoms with Crippen LogP contribution in [0, 0.1) is 5.82 Å². The highest BCUT2D eigenvalue weighted by molar-refractivity contribution is 6.33. The van der Waals surface area contributed by atoms with Crippen LogP contribution in [0.1, 0.15) is 12.8 Å². The van der Waals surface area contributed by atoms with Crippen molar-refractivity contribution in [2.75, 3.05) is 18.0 Å². The third-order valence-electron chi connectivity index (χ3n) is 2.61. The summed E-state index contributed by atoms with van der Waals surface area (Å²) in [5, 5.41) is 9.67. The number of nitrogens with zero attached hydrogens (tertiary/aromatic N) is 2. The van der Waals surface area contributed by atoms with Gasteiger partial charge in [0.05, 0.1) is 23.0 Å². The van der Waals surface area contributed by atoms with Gasteiger partial charge < -0.3 is 10.0 Å². The summed E-state index contributed by atoms with van der Waals surface area (Å²) in [4.78, 5) is 5.52. The Hall–Kier alpha value is -0.870. The van der Waals surface area contributed by atoms with Crippen molar-refractivity contribution in [1.29, 1.82) is 0 Å². The van der Waals surface area contributed by atoms with Gasteiger partial charge in [0, 0.05) is 19.3 Å². The minimum Gasteiger partial charge on any atom is -0.393 e. The summed E-state index contributed by atoms with van der Waals surface area (Å²) in [5.41, 5.74) is 0.401. The summed E-state index contributed by atoms with van der Waals surface area (Å²) < 4.78 is 13.5. The molecule has 0 amide bonds. The van der Waals surface area contributed by atoms with Gasteiger partial charge in [0.2, 0.25) is 0 Å². The molecule has 0 aromatic carbocycles. The Kier molecular flexibility index (Phi) is 3.07. The molecule has 0 saturated carbocycles. The molecule has 15 heavy (non-hydrogen) atoms. The van der Waals surface area contributed by atoms with E-state index in [1.54, 1.807) is 0 Å². The quantitative estimate of drug-likeness (QED) is 0.800. The summed E-state index contributed by atoms with van der Waals surface area (Å²) in [5.74, 6) is -0.404. The van der Waals surface area contributed by atoms with E-state index in [-0.39, 0.29) is 6.10 Å². The molecule has 0 unspecified atom stereocenters. The zero-order chi connectivity index (χ0) is 10.8. The topological polar surface area (TPSA) is 36.4 Å². The maximum absolute atomic E-state index is 13.5. The van der Waals surface area contributed by atoms with E-state index >= 15 is 0 Å².